The van der Waals surface area contributed by atoms with E-state index in [1.54, 1.807) is 18.3 Å². The van der Waals surface area contributed by atoms with Crippen LogP contribution in [-0.4, -0.2) is 15.1 Å². The molecule has 0 aliphatic carbocycles. The second-order valence-electron chi connectivity index (χ2n) is 2.96. The van der Waals surface area contributed by atoms with E-state index in [1.807, 2.05) is 0 Å². The Morgan fingerprint density at radius 1 is 1.29 bits per heavy atom. The molecule has 0 spiro atoms. The fourth-order valence-corrected chi connectivity index (χ4v) is 1.21. The van der Waals surface area contributed by atoms with Crippen molar-refractivity contribution in [2.24, 2.45) is 0 Å². The lowest BCUT2D eigenvalue weighted by Crippen LogP contribution is -1.88. The summed E-state index contributed by atoms with van der Waals surface area (Å²) in [6, 6.07) is 4.92. The number of benzene rings is 1. The number of aromatic amines is 1. The van der Waals surface area contributed by atoms with Crippen molar-refractivity contribution in [2.75, 3.05) is 11.5 Å². The molecule has 0 radical (unpaired) electrons. The molecule has 0 saturated heterocycles. The SMILES string of the molecule is Nc1ncc(-c2ccc(O)c(N)c2)[nH]1. The lowest BCUT2D eigenvalue weighted by Gasteiger charge is -2.01. The van der Waals surface area contributed by atoms with E-state index in [0.717, 1.165) is 11.3 Å². The summed E-state index contributed by atoms with van der Waals surface area (Å²) in [4.78, 5) is 6.73. The van der Waals surface area contributed by atoms with Crippen LogP contribution in [0.5, 0.6) is 5.75 Å². The molecule has 0 atom stereocenters. The lowest BCUT2D eigenvalue weighted by molar-refractivity contribution is 0.478. The zero-order valence-electron chi connectivity index (χ0n) is 7.36. The highest BCUT2D eigenvalue weighted by atomic mass is 16.3. The van der Waals surface area contributed by atoms with Gasteiger partial charge in [-0.25, -0.2) is 4.98 Å². The molecule has 0 aliphatic rings. The first-order chi connectivity index (χ1) is 6.66. The van der Waals surface area contributed by atoms with Gasteiger partial charge in [0.2, 0.25) is 0 Å². The van der Waals surface area contributed by atoms with E-state index in [1.165, 1.54) is 6.07 Å². The summed E-state index contributed by atoms with van der Waals surface area (Å²) in [7, 11) is 0. The molecule has 5 nitrogen and oxygen atoms in total. The van der Waals surface area contributed by atoms with Crippen LogP contribution in [0, 0.1) is 0 Å². The highest BCUT2D eigenvalue weighted by Gasteiger charge is 2.03. The van der Waals surface area contributed by atoms with Crippen LogP contribution in [0.25, 0.3) is 11.3 Å². The molecule has 72 valence electrons. The van der Waals surface area contributed by atoms with E-state index in [2.05, 4.69) is 9.97 Å². The Labute approximate surface area is 80.4 Å². The zero-order chi connectivity index (χ0) is 10.1. The number of aromatic nitrogens is 2. The van der Waals surface area contributed by atoms with Crippen molar-refractivity contribution in [1.29, 1.82) is 0 Å². The molecular weight excluding hydrogens is 180 g/mol. The van der Waals surface area contributed by atoms with Crippen molar-refractivity contribution in [2.45, 2.75) is 0 Å². The molecule has 1 heterocycles. The average molecular weight is 190 g/mol. The Morgan fingerprint density at radius 2 is 2.07 bits per heavy atom. The maximum atomic E-state index is 9.22. The maximum absolute atomic E-state index is 9.22. The van der Waals surface area contributed by atoms with E-state index >= 15 is 0 Å². The van der Waals surface area contributed by atoms with Crippen molar-refractivity contribution >= 4 is 11.6 Å². The standard InChI is InChI=1S/C9H10N4O/c10-6-3-5(1-2-8(6)14)7-4-12-9(11)13-7/h1-4,14H,10H2,(H3,11,12,13). The van der Waals surface area contributed by atoms with Gasteiger partial charge in [-0.1, -0.05) is 0 Å². The van der Waals surface area contributed by atoms with Gasteiger partial charge in [0.25, 0.3) is 0 Å². The van der Waals surface area contributed by atoms with Crippen LogP contribution in [0.2, 0.25) is 0 Å². The zero-order valence-corrected chi connectivity index (χ0v) is 7.36. The van der Waals surface area contributed by atoms with Crippen LogP contribution < -0.4 is 11.5 Å². The van der Waals surface area contributed by atoms with E-state index in [0.29, 0.717) is 11.6 Å². The lowest BCUT2D eigenvalue weighted by atomic mass is 10.1. The second-order valence-corrected chi connectivity index (χ2v) is 2.96. The van der Waals surface area contributed by atoms with Crippen molar-refractivity contribution < 1.29 is 5.11 Å². The largest absolute Gasteiger partial charge is 0.506 e. The number of nitrogen functional groups attached to an aromatic ring is 2. The third-order valence-electron chi connectivity index (χ3n) is 1.93. The van der Waals surface area contributed by atoms with Gasteiger partial charge in [-0.2, -0.15) is 0 Å². The number of aromatic hydroxyl groups is 1. The number of hydrogen-bond donors (Lipinski definition) is 4. The van der Waals surface area contributed by atoms with E-state index in [9.17, 15) is 5.11 Å². The number of nitrogens with one attached hydrogen (secondary N) is 1. The predicted molar refractivity (Wildman–Crippen MR) is 54.5 cm³/mol. The molecule has 2 aromatic rings. The molecule has 5 heteroatoms. The number of rotatable bonds is 1. The molecule has 6 N–H and O–H groups in total. The predicted octanol–water partition coefficient (Wildman–Crippen LogP) is 0.947. The molecule has 0 saturated carbocycles. The van der Waals surface area contributed by atoms with Gasteiger partial charge in [-0.3, -0.25) is 0 Å². The molecule has 2 rings (SSSR count). The second kappa shape index (κ2) is 2.95. The fraction of sp³-hybridized carbons (Fsp3) is 0. The van der Waals surface area contributed by atoms with Gasteiger partial charge in [0, 0.05) is 5.56 Å². The highest BCUT2D eigenvalue weighted by molar-refractivity contribution is 5.68. The first-order valence-corrected chi connectivity index (χ1v) is 4.06. The first-order valence-electron chi connectivity index (χ1n) is 4.06. The Hall–Kier alpha value is -2.17. The van der Waals surface area contributed by atoms with Gasteiger partial charge >= 0.3 is 0 Å². The van der Waals surface area contributed by atoms with Gasteiger partial charge in [0.15, 0.2) is 5.95 Å². The number of anilines is 2. The van der Waals surface area contributed by atoms with E-state index < -0.39 is 0 Å². The summed E-state index contributed by atoms with van der Waals surface area (Å²) in [5.41, 5.74) is 12.9. The molecule has 0 unspecified atom stereocenters. The molecule has 0 fully saturated rings. The molecule has 0 aliphatic heterocycles. The van der Waals surface area contributed by atoms with Crippen LogP contribution >= 0.6 is 0 Å². The Kier molecular flexibility index (Phi) is 1.78. The van der Waals surface area contributed by atoms with Crippen molar-refractivity contribution in [3.8, 4) is 17.0 Å². The molecule has 1 aromatic heterocycles. The van der Waals surface area contributed by atoms with Gasteiger partial charge in [-0.05, 0) is 18.2 Å². The van der Waals surface area contributed by atoms with E-state index in [4.69, 9.17) is 11.5 Å². The third kappa shape index (κ3) is 1.35. The van der Waals surface area contributed by atoms with Gasteiger partial charge < -0.3 is 21.6 Å². The highest BCUT2D eigenvalue weighted by Crippen LogP contribution is 2.26. The number of phenols is 1. The molecule has 1 aromatic carbocycles. The normalized spacial score (nSPS) is 10.3. The van der Waals surface area contributed by atoms with Crippen LogP contribution in [0.4, 0.5) is 11.6 Å². The third-order valence-corrected chi connectivity index (χ3v) is 1.93. The summed E-state index contributed by atoms with van der Waals surface area (Å²) < 4.78 is 0. The molecular formula is C9H10N4O. The minimum Gasteiger partial charge on any atom is -0.506 e. The van der Waals surface area contributed by atoms with Gasteiger partial charge in [0.1, 0.15) is 5.75 Å². The number of hydrogen-bond acceptors (Lipinski definition) is 4. The Bertz CT molecular complexity index is 464. The fourth-order valence-electron chi connectivity index (χ4n) is 1.21. The topological polar surface area (TPSA) is 101 Å². The molecule has 14 heavy (non-hydrogen) atoms. The Balaban J connectivity index is 2.47. The summed E-state index contributed by atoms with van der Waals surface area (Å²) >= 11 is 0. The molecule has 0 amide bonds. The summed E-state index contributed by atoms with van der Waals surface area (Å²) in [6.07, 6.45) is 1.61. The van der Waals surface area contributed by atoms with Crippen molar-refractivity contribution in [1.82, 2.24) is 9.97 Å². The smallest absolute Gasteiger partial charge is 0.197 e. The molecule has 0 bridgehead atoms. The summed E-state index contributed by atoms with van der Waals surface area (Å²) in [6.45, 7) is 0. The first kappa shape index (κ1) is 8.43. The quantitative estimate of drug-likeness (QED) is 0.397. The number of imidazole rings is 1. The van der Waals surface area contributed by atoms with Crippen LogP contribution in [0.1, 0.15) is 0 Å². The number of H-pyrrole nitrogens is 1. The van der Waals surface area contributed by atoms with E-state index in [-0.39, 0.29) is 5.75 Å². The average Bonchev–Trinajstić information content (AvgIpc) is 2.57. The Morgan fingerprint density at radius 3 is 2.64 bits per heavy atom. The van der Waals surface area contributed by atoms with Crippen molar-refractivity contribution in [3.05, 3.63) is 24.4 Å². The van der Waals surface area contributed by atoms with Gasteiger partial charge in [0.05, 0.1) is 17.6 Å². The monoisotopic (exact) mass is 190 g/mol. The van der Waals surface area contributed by atoms with Gasteiger partial charge in [-0.15, -0.1) is 0 Å². The number of nitrogens with zero attached hydrogens (tertiary/aromatic N) is 1. The minimum atomic E-state index is 0.0706. The maximum Gasteiger partial charge on any atom is 0.197 e. The summed E-state index contributed by atoms with van der Waals surface area (Å²) in [5, 5.41) is 9.22. The van der Waals surface area contributed by atoms with Crippen LogP contribution in [-0.2, 0) is 0 Å². The van der Waals surface area contributed by atoms with Crippen LogP contribution in [0.15, 0.2) is 24.4 Å². The number of phenolic OH excluding ortho intramolecular Hbond substituents is 1. The summed E-state index contributed by atoms with van der Waals surface area (Å²) in [5.74, 6) is 0.424. The minimum absolute atomic E-state index is 0.0706. The van der Waals surface area contributed by atoms with Crippen LogP contribution in [0.3, 0.4) is 0 Å². The van der Waals surface area contributed by atoms with Crippen molar-refractivity contribution in [3.63, 3.8) is 0 Å². The number of nitrogens with two attached hydrogens (primary N) is 2.